The van der Waals surface area contributed by atoms with Gasteiger partial charge in [-0.05, 0) is 30.2 Å². The average Bonchev–Trinajstić information content (AvgIpc) is 2.42. The van der Waals surface area contributed by atoms with Gasteiger partial charge in [-0.3, -0.25) is 0 Å². The van der Waals surface area contributed by atoms with Crippen molar-refractivity contribution in [3.63, 3.8) is 0 Å². The Labute approximate surface area is 118 Å². The second-order valence-electron chi connectivity index (χ2n) is 4.54. The first-order chi connectivity index (χ1) is 9.11. The van der Waals surface area contributed by atoms with Crippen LogP contribution < -0.4 is 4.90 Å². The number of aliphatic hydroxyl groups is 1. The Kier molecular flexibility index (Phi) is 4.40. The van der Waals surface area contributed by atoms with Gasteiger partial charge in [0.25, 0.3) is 0 Å². The molecule has 0 atom stereocenters. The number of halogens is 1. The summed E-state index contributed by atoms with van der Waals surface area (Å²) in [5, 5.41) is 9.69. The molecule has 0 radical (unpaired) electrons. The van der Waals surface area contributed by atoms with Crippen LogP contribution in [0.3, 0.4) is 0 Å². The van der Waals surface area contributed by atoms with Crippen molar-refractivity contribution in [2.75, 3.05) is 11.9 Å². The molecule has 100 valence electrons. The number of aliphatic hydroxyl groups excluding tert-OH is 1. The maximum Gasteiger partial charge on any atom is 0.129 e. The number of anilines is 1. The van der Waals surface area contributed by atoms with Gasteiger partial charge in [0, 0.05) is 13.6 Å². The lowest BCUT2D eigenvalue weighted by molar-refractivity contribution is 0.277. The lowest BCUT2D eigenvalue weighted by Gasteiger charge is -2.20. The van der Waals surface area contributed by atoms with Crippen LogP contribution in [0, 0.1) is 6.92 Å². The van der Waals surface area contributed by atoms with E-state index in [1.54, 1.807) is 6.07 Å². The summed E-state index contributed by atoms with van der Waals surface area (Å²) in [6, 6.07) is 11.9. The minimum atomic E-state index is -0.148. The molecule has 1 aromatic carbocycles. The largest absolute Gasteiger partial charge is 0.390 e. The van der Waals surface area contributed by atoms with Crippen molar-refractivity contribution >= 4 is 17.4 Å². The fourth-order valence-corrected chi connectivity index (χ4v) is 2.09. The molecule has 0 amide bonds. The predicted molar refractivity (Wildman–Crippen MR) is 78.5 cm³/mol. The van der Waals surface area contributed by atoms with Crippen molar-refractivity contribution in [1.82, 2.24) is 4.98 Å². The van der Waals surface area contributed by atoms with E-state index in [4.69, 9.17) is 11.6 Å². The number of benzene rings is 1. The Balaban J connectivity index is 2.20. The molecule has 0 fully saturated rings. The Hall–Kier alpha value is -1.58. The van der Waals surface area contributed by atoms with Gasteiger partial charge < -0.3 is 10.0 Å². The summed E-state index contributed by atoms with van der Waals surface area (Å²) in [7, 11) is 1.98. The maximum absolute atomic E-state index is 9.19. The molecule has 0 aliphatic heterocycles. The lowest BCUT2D eigenvalue weighted by atomic mass is 10.1. The molecule has 0 saturated heterocycles. The Morgan fingerprint density at radius 2 is 1.95 bits per heavy atom. The molecule has 0 bridgehead atoms. The van der Waals surface area contributed by atoms with E-state index in [9.17, 15) is 5.11 Å². The summed E-state index contributed by atoms with van der Waals surface area (Å²) < 4.78 is 0. The zero-order chi connectivity index (χ0) is 13.8. The van der Waals surface area contributed by atoms with Crippen LogP contribution >= 0.6 is 11.6 Å². The average molecular weight is 277 g/mol. The highest BCUT2D eigenvalue weighted by Crippen LogP contribution is 2.20. The molecular formula is C15H17ClN2O. The zero-order valence-electron chi connectivity index (χ0n) is 11.1. The fraction of sp³-hybridized carbons (Fsp3) is 0.267. The van der Waals surface area contributed by atoms with E-state index in [0.717, 1.165) is 12.4 Å². The van der Waals surface area contributed by atoms with E-state index in [1.807, 2.05) is 30.1 Å². The minimum absolute atomic E-state index is 0.148. The van der Waals surface area contributed by atoms with Gasteiger partial charge in [0.2, 0.25) is 0 Å². The van der Waals surface area contributed by atoms with Gasteiger partial charge in [0.1, 0.15) is 5.82 Å². The van der Waals surface area contributed by atoms with Crippen molar-refractivity contribution in [1.29, 1.82) is 0 Å². The van der Waals surface area contributed by atoms with E-state index >= 15 is 0 Å². The summed E-state index contributed by atoms with van der Waals surface area (Å²) in [4.78, 5) is 6.40. The minimum Gasteiger partial charge on any atom is -0.390 e. The topological polar surface area (TPSA) is 36.4 Å². The molecular weight excluding hydrogens is 260 g/mol. The van der Waals surface area contributed by atoms with E-state index in [0.29, 0.717) is 10.7 Å². The number of rotatable bonds is 4. The van der Waals surface area contributed by atoms with Crippen LogP contribution in [-0.4, -0.2) is 17.1 Å². The molecule has 2 rings (SSSR count). The number of aryl methyl sites for hydroxylation is 1. The third-order valence-corrected chi connectivity index (χ3v) is 3.46. The van der Waals surface area contributed by atoms with Crippen LogP contribution in [0.2, 0.25) is 5.02 Å². The van der Waals surface area contributed by atoms with Crippen molar-refractivity contribution in [2.45, 2.75) is 20.1 Å². The molecule has 1 aromatic heterocycles. The molecule has 0 unspecified atom stereocenters. The van der Waals surface area contributed by atoms with Gasteiger partial charge in [-0.15, -0.1) is 0 Å². The van der Waals surface area contributed by atoms with Crippen LogP contribution in [0.15, 0.2) is 36.4 Å². The molecule has 1 N–H and O–H groups in total. The van der Waals surface area contributed by atoms with Crippen molar-refractivity contribution in [2.24, 2.45) is 0 Å². The molecule has 0 aliphatic carbocycles. The molecule has 19 heavy (non-hydrogen) atoms. The Morgan fingerprint density at radius 3 is 2.63 bits per heavy atom. The Morgan fingerprint density at radius 1 is 1.21 bits per heavy atom. The van der Waals surface area contributed by atoms with Gasteiger partial charge >= 0.3 is 0 Å². The highest BCUT2D eigenvalue weighted by molar-refractivity contribution is 6.31. The lowest BCUT2D eigenvalue weighted by Crippen LogP contribution is -2.18. The van der Waals surface area contributed by atoms with Gasteiger partial charge in [-0.25, -0.2) is 4.98 Å². The molecule has 3 nitrogen and oxygen atoms in total. The van der Waals surface area contributed by atoms with Gasteiger partial charge in [-0.2, -0.15) is 0 Å². The molecule has 0 aliphatic rings. The first-order valence-electron chi connectivity index (χ1n) is 6.13. The van der Waals surface area contributed by atoms with Crippen LogP contribution in [0.25, 0.3) is 0 Å². The zero-order valence-corrected chi connectivity index (χ0v) is 11.9. The monoisotopic (exact) mass is 276 g/mol. The number of hydrogen-bond acceptors (Lipinski definition) is 3. The SMILES string of the molecule is Cc1ccccc1CN(C)c1ccc(Cl)c(CO)n1. The van der Waals surface area contributed by atoms with Gasteiger partial charge in [0.15, 0.2) is 0 Å². The van der Waals surface area contributed by atoms with Crippen molar-refractivity contribution in [3.8, 4) is 0 Å². The molecule has 2 aromatic rings. The van der Waals surface area contributed by atoms with E-state index in [2.05, 4.69) is 24.0 Å². The second-order valence-corrected chi connectivity index (χ2v) is 4.95. The van der Waals surface area contributed by atoms with Crippen LogP contribution in [-0.2, 0) is 13.2 Å². The standard InChI is InChI=1S/C15H17ClN2O/c1-11-5-3-4-6-12(11)9-18(2)15-8-7-13(16)14(10-19)17-15/h3-8,19H,9-10H2,1-2H3. The van der Waals surface area contributed by atoms with Crippen molar-refractivity contribution in [3.05, 3.63) is 58.2 Å². The summed E-state index contributed by atoms with van der Waals surface area (Å²) in [6.07, 6.45) is 0. The van der Waals surface area contributed by atoms with Crippen LogP contribution in [0.4, 0.5) is 5.82 Å². The van der Waals surface area contributed by atoms with Crippen LogP contribution in [0.1, 0.15) is 16.8 Å². The number of hydrogen-bond donors (Lipinski definition) is 1. The van der Waals surface area contributed by atoms with Crippen LogP contribution in [0.5, 0.6) is 0 Å². The first-order valence-corrected chi connectivity index (χ1v) is 6.51. The van der Waals surface area contributed by atoms with Gasteiger partial charge in [0.05, 0.1) is 17.3 Å². The highest BCUT2D eigenvalue weighted by Gasteiger charge is 2.08. The highest BCUT2D eigenvalue weighted by atomic mass is 35.5. The molecule has 0 spiro atoms. The number of nitrogens with zero attached hydrogens (tertiary/aromatic N) is 2. The van der Waals surface area contributed by atoms with Crippen molar-refractivity contribution < 1.29 is 5.11 Å². The fourth-order valence-electron chi connectivity index (χ4n) is 1.92. The summed E-state index contributed by atoms with van der Waals surface area (Å²) >= 11 is 5.95. The number of aromatic nitrogens is 1. The normalized spacial score (nSPS) is 10.5. The smallest absolute Gasteiger partial charge is 0.129 e. The number of pyridine rings is 1. The third kappa shape index (κ3) is 3.25. The molecule has 4 heteroatoms. The third-order valence-electron chi connectivity index (χ3n) is 3.11. The summed E-state index contributed by atoms with van der Waals surface area (Å²) in [6.45, 7) is 2.72. The predicted octanol–water partition coefficient (Wildman–Crippen LogP) is 3.17. The van der Waals surface area contributed by atoms with E-state index < -0.39 is 0 Å². The van der Waals surface area contributed by atoms with E-state index in [1.165, 1.54) is 11.1 Å². The molecule has 0 saturated carbocycles. The quantitative estimate of drug-likeness (QED) is 0.932. The summed E-state index contributed by atoms with van der Waals surface area (Å²) in [5.74, 6) is 0.803. The maximum atomic E-state index is 9.19. The summed E-state index contributed by atoms with van der Waals surface area (Å²) in [5.41, 5.74) is 3.02. The van der Waals surface area contributed by atoms with Gasteiger partial charge in [-0.1, -0.05) is 35.9 Å². The second kappa shape index (κ2) is 6.04. The molecule has 1 heterocycles. The Bertz CT molecular complexity index is 572. The first kappa shape index (κ1) is 13.8. The van der Waals surface area contributed by atoms with E-state index in [-0.39, 0.29) is 6.61 Å².